The van der Waals surface area contributed by atoms with Crippen molar-refractivity contribution in [3.05, 3.63) is 59.4 Å². The summed E-state index contributed by atoms with van der Waals surface area (Å²) in [5.41, 5.74) is 3.13. The lowest BCUT2D eigenvalue weighted by Crippen LogP contribution is -2.30. The summed E-state index contributed by atoms with van der Waals surface area (Å²) in [6.07, 6.45) is 3.12. The molecule has 1 aromatic heterocycles. The summed E-state index contributed by atoms with van der Waals surface area (Å²) in [6.45, 7) is 2.42. The van der Waals surface area contributed by atoms with Crippen LogP contribution in [0.2, 0.25) is 0 Å². The molecule has 3 aromatic rings. The molecule has 1 aliphatic rings. The van der Waals surface area contributed by atoms with Crippen LogP contribution in [-0.4, -0.2) is 58.7 Å². The highest BCUT2D eigenvalue weighted by atomic mass is 16.5. The van der Waals surface area contributed by atoms with Crippen LogP contribution < -0.4 is 28.4 Å². The maximum Gasteiger partial charge on any atom is 0.203 e. The summed E-state index contributed by atoms with van der Waals surface area (Å²) in [5.74, 6) is 3.99. The van der Waals surface area contributed by atoms with E-state index in [1.165, 1.54) is 5.69 Å². The first-order valence-electron chi connectivity index (χ1n) is 11.6. The largest absolute Gasteiger partial charge is 0.496 e. The van der Waals surface area contributed by atoms with E-state index < -0.39 is 0 Å². The zero-order valence-corrected chi connectivity index (χ0v) is 21.3. The van der Waals surface area contributed by atoms with Gasteiger partial charge in [0.25, 0.3) is 0 Å². The van der Waals surface area contributed by atoms with E-state index in [-0.39, 0.29) is 6.04 Å². The molecule has 0 radical (unpaired) electrons. The Hall–Kier alpha value is -3.52. The van der Waals surface area contributed by atoms with Gasteiger partial charge in [-0.3, -0.25) is 4.90 Å². The Kier molecular flexibility index (Phi) is 7.60. The fourth-order valence-electron chi connectivity index (χ4n) is 4.95. The van der Waals surface area contributed by atoms with Crippen molar-refractivity contribution >= 4 is 0 Å². The van der Waals surface area contributed by atoms with Crippen molar-refractivity contribution in [2.45, 2.75) is 25.6 Å². The monoisotopic (exact) mass is 482 g/mol. The fraction of sp³-hybridized carbons (Fsp3) is 0.407. The van der Waals surface area contributed by atoms with Gasteiger partial charge >= 0.3 is 0 Å². The molecule has 0 saturated heterocycles. The molecule has 0 bridgehead atoms. The Balaban J connectivity index is 1.87. The Morgan fingerprint density at radius 2 is 1.43 bits per heavy atom. The molecular weight excluding hydrogens is 448 g/mol. The quantitative estimate of drug-likeness (QED) is 0.444. The van der Waals surface area contributed by atoms with Gasteiger partial charge in [0.05, 0.1) is 54.3 Å². The van der Waals surface area contributed by atoms with Crippen LogP contribution >= 0.6 is 0 Å². The minimum Gasteiger partial charge on any atom is -0.496 e. The molecule has 8 heteroatoms. The van der Waals surface area contributed by atoms with Crippen LogP contribution in [0.5, 0.6) is 34.5 Å². The topological polar surface area (TPSA) is 63.6 Å². The molecule has 0 aliphatic carbocycles. The highest BCUT2D eigenvalue weighted by Crippen LogP contribution is 2.46. The van der Waals surface area contributed by atoms with Gasteiger partial charge in [0, 0.05) is 49.2 Å². The van der Waals surface area contributed by atoms with Crippen molar-refractivity contribution in [3.63, 3.8) is 0 Å². The van der Waals surface area contributed by atoms with Crippen molar-refractivity contribution < 1.29 is 28.4 Å². The first-order valence-corrected chi connectivity index (χ1v) is 11.6. The summed E-state index contributed by atoms with van der Waals surface area (Å²) >= 11 is 0. The molecule has 0 amide bonds. The summed E-state index contributed by atoms with van der Waals surface area (Å²) in [7, 11) is 9.89. The molecule has 4 rings (SSSR count). The summed E-state index contributed by atoms with van der Waals surface area (Å²) in [6, 6.07) is 11.9. The highest BCUT2D eigenvalue weighted by Gasteiger charge is 2.33. The molecule has 0 saturated carbocycles. The van der Waals surface area contributed by atoms with Gasteiger partial charge in [-0.15, -0.1) is 0 Å². The molecule has 1 aliphatic heterocycles. The Bertz CT molecular complexity index is 1130. The van der Waals surface area contributed by atoms with Gasteiger partial charge in [-0.25, -0.2) is 0 Å². The van der Waals surface area contributed by atoms with E-state index in [1.807, 2.05) is 24.3 Å². The number of fused-ring (bicyclic) bond motifs is 1. The van der Waals surface area contributed by atoms with E-state index in [0.717, 1.165) is 30.6 Å². The van der Waals surface area contributed by atoms with Gasteiger partial charge in [0.2, 0.25) is 5.75 Å². The lowest BCUT2D eigenvalue weighted by molar-refractivity contribution is 0.208. The minimum atomic E-state index is -0.124. The second-order valence-corrected chi connectivity index (χ2v) is 8.29. The predicted molar refractivity (Wildman–Crippen MR) is 133 cm³/mol. The second-order valence-electron chi connectivity index (χ2n) is 8.29. The number of nitrogens with zero attached hydrogens (tertiary/aromatic N) is 2. The molecule has 188 valence electrons. The third-order valence-electron chi connectivity index (χ3n) is 6.54. The lowest BCUT2D eigenvalue weighted by Gasteiger charge is -2.33. The van der Waals surface area contributed by atoms with Crippen molar-refractivity contribution in [1.29, 1.82) is 0 Å². The minimum absolute atomic E-state index is 0.124. The average Bonchev–Trinajstić information content (AvgIpc) is 3.29. The van der Waals surface area contributed by atoms with Gasteiger partial charge < -0.3 is 33.0 Å². The van der Waals surface area contributed by atoms with E-state index in [1.54, 1.807) is 42.7 Å². The number of hydrogen-bond donors (Lipinski definition) is 0. The summed E-state index contributed by atoms with van der Waals surface area (Å²) in [4.78, 5) is 2.43. The molecule has 1 unspecified atom stereocenters. The maximum atomic E-state index is 5.87. The van der Waals surface area contributed by atoms with Crippen molar-refractivity contribution in [1.82, 2.24) is 9.47 Å². The molecule has 0 fully saturated rings. The number of aryl methyl sites for hydroxylation is 1. The number of benzene rings is 2. The van der Waals surface area contributed by atoms with Crippen molar-refractivity contribution in [3.8, 4) is 34.5 Å². The third kappa shape index (κ3) is 4.58. The molecule has 2 heterocycles. The van der Waals surface area contributed by atoms with Gasteiger partial charge in [0.15, 0.2) is 11.5 Å². The van der Waals surface area contributed by atoms with E-state index in [2.05, 4.69) is 27.8 Å². The fourth-order valence-corrected chi connectivity index (χ4v) is 4.95. The zero-order valence-electron chi connectivity index (χ0n) is 21.3. The summed E-state index contributed by atoms with van der Waals surface area (Å²) in [5, 5.41) is 0. The standard InChI is InChI=1S/C27H34N2O6/c1-30-19-15-22(32-3)24(23(16-19)33-4)25-20-9-7-12-28(20)13-8-14-29(25)17-18-10-11-21(31-2)27(35-6)26(18)34-5/h7,9-12,15-16,25H,8,13-14,17H2,1-6H3. The van der Waals surface area contributed by atoms with Crippen LogP contribution in [-0.2, 0) is 13.1 Å². The van der Waals surface area contributed by atoms with Crippen LogP contribution in [0.15, 0.2) is 42.6 Å². The molecule has 0 N–H and O–H groups in total. The van der Waals surface area contributed by atoms with Crippen LogP contribution in [0.1, 0.15) is 29.3 Å². The normalized spacial score (nSPS) is 15.7. The Morgan fingerprint density at radius 3 is 2.03 bits per heavy atom. The van der Waals surface area contributed by atoms with Crippen LogP contribution in [0.4, 0.5) is 0 Å². The van der Waals surface area contributed by atoms with E-state index in [4.69, 9.17) is 28.4 Å². The number of ether oxygens (including phenoxy) is 6. The average molecular weight is 483 g/mol. The molecule has 8 nitrogen and oxygen atoms in total. The van der Waals surface area contributed by atoms with Crippen LogP contribution in [0, 0.1) is 0 Å². The van der Waals surface area contributed by atoms with Gasteiger partial charge in [-0.2, -0.15) is 0 Å². The van der Waals surface area contributed by atoms with Gasteiger partial charge in [0.1, 0.15) is 17.2 Å². The van der Waals surface area contributed by atoms with E-state index >= 15 is 0 Å². The lowest BCUT2D eigenvalue weighted by atomic mass is 9.98. The maximum absolute atomic E-state index is 5.87. The Labute approximate surface area is 206 Å². The predicted octanol–water partition coefficient (Wildman–Crippen LogP) is 4.54. The van der Waals surface area contributed by atoms with Crippen molar-refractivity contribution in [2.75, 3.05) is 49.2 Å². The first-order chi connectivity index (χ1) is 17.1. The highest BCUT2D eigenvalue weighted by molar-refractivity contribution is 5.57. The second kappa shape index (κ2) is 10.8. The van der Waals surface area contributed by atoms with E-state index in [9.17, 15) is 0 Å². The van der Waals surface area contributed by atoms with Gasteiger partial charge in [-0.1, -0.05) is 6.07 Å². The first kappa shape index (κ1) is 24.6. The van der Waals surface area contributed by atoms with Crippen molar-refractivity contribution in [2.24, 2.45) is 0 Å². The number of aromatic nitrogens is 1. The molecule has 1 atom stereocenters. The smallest absolute Gasteiger partial charge is 0.203 e. The van der Waals surface area contributed by atoms with E-state index in [0.29, 0.717) is 41.0 Å². The van der Waals surface area contributed by atoms with Crippen LogP contribution in [0.3, 0.4) is 0 Å². The van der Waals surface area contributed by atoms with Crippen LogP contribution in [0.25, 0.3) is 0 Å². The number of methoxy groups -OCH3 is 6. The molecule has 0 spiro atoms. The zero-order chi connectivity index (χ0) is 24.9. The molecule has 35 heavy (non-hydrogen) atoms. The SMILES string of the molecule is COc1cc(OC)c(C2c3cccn3CCCN2Cc2ccc(OC)c(OC)c2OC)c(OC)c1. The number of rotatable bonds is 9. The van der Waals surface area contributed by atoms with Gasteiger partial charge in [-0.05, 0) is 24.6 Å². The Morgan fingerprint density at radius 1 is 0.743 bits per heavy atom. The number of hydrogen-bond acceptors (Lipinski definition) is 7. The summed E-state index contributed by atoms with van der Waals surface area (Å²) < 4.78 is 36.5. The molecular formula is C27H34N2O6. The third-order valence-corrected chi connectivity index (χ3v) is 6.54. The molecule has 2 aromatic carbocycles.